The largest absolute Gasteiger partial charge is 0.354 e. The lowest BCUT2D eigenvalue weighted by Gasteiger charge is -2.51. The van der Waals surface area contributed by atoms with Crippen molar-refractivity contribution < 1.29 is 4.79 Å². The van der Waals surface area contributed by atoms with Crippen molar-refractivity contribution in [3.8, 4) is 0 Å². The van der Waals surface area contributed by atoms with E-state index in [-0.39, 0.29) is 23.4 Å². The van der Waals surface area contributed by atoms with Crippen molar-refractivity contribution in [3.63, 3.8) is 0 Å². The van der Waals surface area contributed by atoms with E-state index < -0.39 is 0 Å². The van der Waals surface area contributed by atoms with Gasteiger partial charge in [-0.1, -0.05) is 26.8 Å². The molecule has 1 heterocycles. The van der Waals surface area contributed by atoms with Crippen molar-refractivity contribution in [2.24, 2.45) is 11.8 Å². The van der Waals surface area contributed by atoms with Gasteiger partial charge in [0.05, 0.1) is 0 Å². The van der Waals surface area contributed by atoms with E-state index >= 15 is 0 Å². The molecule has 23 heavy (non-hydrogen) atoms. The van der Waals surface area contributed by atoms with Crippen molar-refractivity contribution in [3.05, 3.63) is 28.8 Å². The van der Waals surface area contributed by atoms with Gasteiger partial charge < -0.3 is 4.90 Å². The molecule has 0 bridgehead atoms. The van der Waals surface area contributed by atoms with Crippen LogP contribution in [-0.2, 0) is 4.79 Å². The molecule has 1 aliphatic heterocycles. The van der Waals surface area contributed by atoms with Crippen LogP contribution in [0.25, 0.3) is 0 Å². The fraction of sp³-hybridized carbons (Fsp3) is 0.632. The Balaban J connectivity index is 2.67. The number of hydrogen-bond acceptors (Lipinski definition) is 3. The monoisotopic (exact) mass is 317 g/mol. The van der Waals surface area contributed by atoms with Gasteiger partial charge in [-0.3, -0.25) is 10.2 Å². The van der Waals surface area contributed by atoms with Crippen LogP contribution in [0.15, 0.2) is 12.1 Å². The molecule has 4 nitrogen and oxygen atoms in total. The Morgan fingerprint density at radius 2 is 1.87 bits per heavy atom. The highest BCUT2D eigenvalue weighted by atomic mass is 16.2. The maximum Gasteiger partial charge on any atom is 0.256 e. The van der Waals surface area contributed by atoms with Gasteiger partial charge in [-0.05, 0) is 68.7 Å². The van der Waals surface area contributed by atoms with E-state index in [1.54, 1.807) is 0 Å². The number of nitrogens with one attached hydrogen (secondary N) is 1. The second kappa shape index (κ2) is 6.16. The highest BCUT2D eigenvalue weighted by Gasteiger charge is 2.43. The van der Waals surface area contributed by atoms with Crippen LogP contribution >= 0.6 is 0 Å². The second-order valence-electron chi connectivity index (χ2n) is 7.98. The normalized spacial score (nSPS) is 21.1. The molecule has 2 rings (SSSR count). The highest BCUT2D eigenvalue weighted by Crippen LogP contribution is 2.46. The number of rotatable bonds is 3. The molecule has 1 aromatic rings. The Hall–Kier alpha value is -1.55. The van der Waals surface area contributed by atoms with Gasteiger partial charge >= 0.3 is 0 Å². The molecule has 0 saturated carbocycles. The number of nitrogens with zero attached hydrogens (tertiary/aromatic N) is 1. The summed E-state index contributed by atoms with van der Waals surface area (Å²) in [7, 11) is 0. The van der Waals surface area contributed by atoms with E-state index in [1.165, 1.54) is 22.4 Å². The minimum Gasteiger partial charge on any atom is -0.354 e. The van der Waals surface area contributed by atoms with E-state index in [0.717, 1.165) is 6.42 Å². The molecule has 1 amide bonds. The number of carbonyl (C=O) groups excluding carboxylic acids is 1. The molecule has 1 aliphatic rings. The molecule has 3 N–H and O–H groups in total. The molecular formula is C19H31N3O. The number of aryl methyl sites for hydroxylation is 2. The first-order valence-corrected chi connectivity index (χ1v) is 8.51. The lowest BCUT2D eigenvalue weighted by molar-refractivity contribution is -0.123. The van der Waals surface area contributed by atoms with Gasteiger partial charge in [0, 0.05) is 11.2 Å². The molecule has 0 fully saturated rings. The van der Waals surface area contributed by atoms with Crippen molar-refractivity contribution >= 4 is 11.6 Å². The first kappa shape index (κ1) is 17.8. The Morgan fingerprint density at radius 1 is 1.30 bits per heavy atom. The first-order chi connectivity index (χ1) is 10.6. The lowest BCUT2D eigenvalue weighted by Crippen LogP contribution is -2.61. The Labute approximate surface area is 140 Å². The summed E-state index contributed by atoms with van der Waals surface area (Å²) in [5, 5.41) is 0. The summed E-state index contributed by atoms with van der Waals surface area (Å²) in [5.41, 5.74) is 7.35. The van der Waals surface area contributed by atoms with Crippen LogP contribution < -0.4 is 16.2 Å². The minimum absolute atomic E-state index is 0.102. The van der Waals surface area contributed by atoms with Gasteiger partial charge in [0.2, 0.25) is 0 Å². The molecule has 128 valence electrons. The van der Waals surface area contributed by atoms with Crippen LogP contribution in [-0.4, -0.2) is 17.5 Å². The number of nitrogens with two attached hydrogens (primary N) is 1. The van der Waals surface area contributed by atoms with E-state index in [2.05, 4.69) is 70.9 Å². The molecule has 2 atom stereocenters. The summed E-state index contributed by atoms with van der Waals surface area (Å²) in [6.07, 6.45) is 1.02. The van der Waals surface area contributed by atoms with Gasteiger partial charge in [-0.2, -0.15) is 0 Å². The van der Waals surface area contributed by atoms with Crippen molar-refractivity contribution in [1.82, 2.24) is 5.43 Å². The average Bonchev–Trinajstić information content (AvgIpc) is 2.44. The third kappa shape index (κ3) is 3.09. The van der Waals surface area contributed by atoms with Crippen molar-refractivity contribution in [1.29, 1.82) is 0 Å². The summed E-state index contributed by atoms with van der Waals surface area (Å²) in [5.74, 6) is 6.01. The predicted molar refractivity (Wildman–Crippen MR) is 96.5 cm³/mol. The van der Waals surface area contributed by atoms with E-state index in [0.29, 0.717) is 5.92 Å². The highest BCUT2D eigenvalue weighted by molar-refractivity contribution is 5.86. The number of carbonyl (C=O) groups is 1. The maximum absolute atomic E-state index is 12.5. The zero-order valence-corrected chi connectivity index (χ0v) is 15.5. The maximum atomic E-state index is 12.5. The Bertz CT molecular complexity index is 607. The molecule has 1 aromatic carbocycles. The second-order valence-corrected chi connectivity index (χ2v) is 7.98. The predicted octanol–water partition coefficient (Wildman–Crippen LogP) is 3.41. The third-order valence-corrected chi connectivity index (χ3v) is 5.21. The smallest absolute Gasteiger partial charge is 0.256 e. The fourth-order valence-corrected chi connectivity index (χ4v) is 4.04. The van der Waals surface area contributed by atoms with Crippen molar-refractivity contribution in [2.45, 2.75) is 72.4 Å². The molecule has 4 heteroatoms. The number of benzene rings is 1. The van der Waals surface area contributed by atoms with Crippen LogP contribution in [0, 0.1) is 19.8 Å². The summed E-state index contributed by atoms with van der Waals surface area (Å²) >= 11 is 0. The molecule has 0 saturated heterocycles. The summed E-state index contributed by atoms with van der Waals surface area (Å²) in [4.78, 5) is 14.8. The van der Waals surface area contributed by atoms with Gasteiger partial charge in [0.25, 0.3) is 5.91 Å². The van der Waals surface area contributed by atoms with Crippen molar-refractivity contribution in [2.75, 3.05) is 4.90 Å². The number of hydrogen-bond donors (Lipinski definition) is 2. The van der Waals surface area contributed by atoms with Crippen LogP contribution in [0.3, 0.4) is 0 Å². The van der Waals surface area contributed by atoms with E-state index in [4.69, 9.17) is 5.84 Å². The van der Waals surface area contributed by atoms with Crippen LogP contribution in [0.2, 0.25) is 0 Å². The zero-order chi connectivity index (χ0) is 17.5. The van der Waals surface area contributed by atoms with Crippen LogP contribution in [0.5, 0.6) is 0 Å². The molecule has 0 radical (unpaired) electrons. The molecule has 0 aromatic heterocycles. The average molecular weight is 317 g/mol. The molecule has 0 aliphatic carbocycles. The van der Waals surface area contributed by atoms with Crippen LogP contribution in [0.1, 0.15) is 63.6 Å². The number of amides is 1. The number of hydrazine groups is 1. The summed E-state index contributed by atoms with van der Waals surface area (Å²) in [6, 6.07) is 4.25. The standard InChI is InChI=1S/C19H31N3O/c1-11(2)17(18(23)21-20)22-16-9-13(4)12(3)8-15(16)14(5)10-19(22,6)7/h8-9,11,14,17H,10,20H2,1-7H3,(H,21,23)/t14-,17-/m0/s1. The van der Waals surface area contributed by atoms with Gasteiger partial charge in [0.15, 0.2) is 0 Å². The molecular weight excluding hydrogens is 286 g/mol. The van der Waals surface area contributed by atoms with Crippen LogP contribution in [0.4, 0.5) is 5.69 Å². The Kier molecular flexibility index (Phi) is 4.76. The van der Waals surface area contributed by atoms with E-state index in [9.17, 15) is 4.79 Å². The number of fused-ring (bicyclic) bond motifs is 1. The van der Waals surface area contributed by atoms with E-state index in [1.807, 2.05) is 0 Å². The van der Waals surface area contributed by atoms with Gasteiger partial charge in [-0.25, -0.2) is 5.84 Å². The Morgan fingerprint density at radius 3 is 2.39 bits per heavy atom. The first-order valence-electron chi connectivity index (χ1n) is 8.51. The molecule has 0 spiro atoms. The minimum atomic E-state index is -0.275. The number of anilines is 1. The lowest BCUT2D eigenvalue weighted by atomic mass is 9.77. The van der Waals surface area contributed by atoms with Gasteiger partial charge in [0.1, 0.15) is 6.04 Å². The quantitative estimate of drug-likeness (QED) is 0.510. The fourth-order valence-electron chi connectivity index (χ4n) is 4.04. The topological polar surface area (TPSA) is 58.4 Å². The zero-order valence-electron chi connectivity index (χ0n) is 15.5. The summed E-state index contributed by atoms with van der Waals surface area (Å²) < 4.78 is 0. The summed E-state index contributed by atoms with van der Waals surface area (Å²) in [6.45, 7) is 15.2. The SMILES string of the molecule is Cc1cc2c(cc1C)N([C@H](C(=O)NN)C(C)C)C(C)(C)C[C@@H]2C. The molecule has 0 unspecified atom stereocenters. The third-order valence-electron chi connectivity index (χ3n) is 5.21. The van der Waals surface area contributed by atoms with Gasteiger partial charge in [-0.15, -0.1) is 0 Å².